The van der Waals surface area contributed by atoms with Crippen LogP contribution in [0.1, 0.15) is 0 Å². The van der Waals surface area contributed by atoms with Crippen molar-refractivity contribution in [1.82, 2.24) is 0 Å². The first-order valence-electron chi connectivity index (χ1n) is 2.64. The van der Waals surface area contributed by atoms with Crippen molar-refractivity contribution < 1.29 is 0 Å². The summed E-state index contributed by atoms with van der Waals surface area (Å²) in [6.45, 7) is 0. The summed E-state index contributed by atoms with van der Waals surface area (Å²) in [5, 5.41) is 1.39. The van der Waals surface area contributed by atoms with E-state index >= 15 is 0 Å². The van der Waals surface area contributed by atoms with Crippen molar-refractivity contribution in [2.24, 2.45) is 0 Å². The minimum Gasteiger partial charge on any atom is -0.109 e. The molecule has 0 spiro atoms. The molecule has 3 heteroatoms. The fraction of sp³-hybridized carbons (Fsp3) is 0. The van der Waals surface area contributed by atoms with E-state index in [2.05, 4.69) is 54.9 Å². The third kappa shape index (κ3) is 2.24. The summed E-state index contributed by atoms with van der Waals surface area (Å²) in [7, 11) is 0. The Morgan fingerprint density at radius 2 is 1.56 bits per heavy atom. The Bertz CT molecular complexity index is 174. The predicted octanol–water partition coefficient (Wildman–Crippen LogP) is 1.90. The summed E-state index contributed by atoms with van der Waals surface area (Å²) in [5.74, 6) is 0. The second kappa shape index (κ2) is 3.54. The van der Waals surface area contributed by atoms with Gasteiger partial charge >= 0.3 is 0 Å². The molecule has 0 aliphatic carbocycles. The molecular weight excluding hydrogens is 260 g/mol. The zero-order valence-electron chi connectivity index (χ0n) is 4.72. The molecule has 0 N–H and O–H groups in total. The van der Waals surface area contributed by atoms with Crippen molar-refractivity contribution in [1.29, 1.82) is 0 Å². The van der Waals surface area contributed by atoms with Gasteiger partial charge in [-0.05, 0) is 5.19 Å². The lowest BCUT2D eigenvalue weighted by atomic mass is 10.4. The molecule has 0 saturated carbocycles. The molecule has 1 rings (SSSR count). The lowest BCUT2D eigenvalue weighted by Gasteiger charge is -1.96. The van der Waals surface area contributed by atoms with Crippen LogP contribution < -0.4 is 5.19 Å². The van der Waals surface area contributed by atoms with Crippen molar-refractivity contribution >= 4 is 41.8 Å². The molecule has 0 atom stereocenters. The zero-order valence-corrected chi connectivity index (χ0v) is 9.05. The topological polar surface area (TPSA) is 0 Å². The summed E-state index contributed by atoms with van der Waals surface area (Å²) in [5.41, 5.74) is 0. The number of hydrogen-bond acceptors (Lipinski definition) is 0. The van der Waals surface area contributed by atoms with E-state index in [-0.39, 0.29) is 0 Å². The molecule has 48 valence electrons. The van der Waals surface area contributed by atoms with E-state index in [0.717, 1.165) is 0 Å². The molecule has 0 nitrogen and oxygen atoms in total. The molecule has 0 unspecified atom stereocenters. The van der Waals surface area contributed by atoms with Gasteiger partial charge in [-0.2, -0.15) is 0 Å². The van der Waals surface area contributed by atoms with Crippen LogP contribution in [-0.4, -0.2) is 6.04 Å². The lowest BCUT2D eigenvalue weighted by Crippen LogP contribution is -2.15. The van der Waals surface area contributed by atoms with Crippen LogP contribution in [-0.2, 0) is 0 Å². The summed E-state index contributed by atoms with van der Waals surface area (Å²) < 4.78 is 0. The van der Waals surface area contributed by atoms with Crippen LogP contribution in [0.3, 0.4) is 0 Å². The minimum atomic E-state index is -0.904. The van der Waals surface area contributed by atoms with Crippen molar-refractivity contribution in [2.45, 2.75) is 0 Å². The average Bonchev–Trinajstić information content (AvgIpc) is 1.90. The molecule has 9 heavy (non-hydrogen) atoms. The van der Waals surface area contributed by atoms with E-state index in [9.17, 15) is 0 Å². The first-order chi connectivity index (χ1) is 4.30. The molecule has 0 heterocycles. The van der Waals surface area contributed by atoms with Gasteiger partial charge in [-0.3, -0.25) is 0 Å². The van der Waals surface area contributed by atoms with Gasteiger partial charge in [0, 0.05) is 0 Å². The Morgan fingerprint density at radius 1 is 1.00 bits per heavy atom. The third-order valence-electron chi connectivity index (χ3n) is 1.05. The Kier molecular flexibility index (Phi) is 2.95. The molecule has 0 aromatic heterocycles. The van der Waals surface area contributed by atoms with Crippen LogP contribution in [0.4, 0.5) is 0 Å². The van der Waals surface area contributed by atoms with Crippen LogP contribution in [0.15, 0.2) is 30.3 Å². The summed E-state index contributed by atoms with van der Waals surface area (Å²) >= 11 is 7.08. The monoisotopic (exact) mass is 264 g/mol. The highest BCUT2D eigenvalue weighted by Gasteiger charge is 2.00. The molecule has 0 aliphatic rings. The van der Waals surface area contributed by atoms with E-state index in [4.69, 9.17) is 0 Å². The maximum Gasteiger partial charge on any atom is 0.216 e. The first-order valence-corrected chi connectivity index (χ1v) is 9.58. The van der Waals surface area contributed by atoms with Gasteiger partial charge in [0.05, 0.1) is 0 Å². The number of benzene rings is 1. The SMILES string of the molecule is Br[SiH](Br)c1ccccc1. The van der Waals surface area contributed by atoms with Crippen LogP contribution in [0.2, 0.25) is 0 Å². The van der Waals surface area contributed by atoms with Gasteiger partial charge in [-0.25, -0.2) is 0 Å². The Labute approximate surface area is 72.0 Å². The third-order valence-corrected chi connectivity index (χ3v) is 5.11. The zero-order chi connectivity index (χ0) is 6.69. The molecular formula is C6H6Br2Si. The van der Waals surface area contributed by atoms with Gasteiger partial charge in [0.25, 0.3) is 0 Å². The van der Waals surface area contributed by atoms with Gasteiger partial charge in [0.1, 0.15) is 0 Å². The van der Waals surface area contributed by atoms with Crippen molar-refractivity contribution in [2.75, 3.05) is 0 Å². The molecule has 0 amide bonds. The quantitative estimate of drug-likeness (QED) is 0.538. The maximum absolute atomic E-state index is 3.54. The highest BCUT2D eigenvalue weighted by Crippen LogP contribution is 2.01. The van der Waals surface area contributed by atoms with E-state index < -0.39 is 6.04 Å². The van der Waals surface area contributed by atoms with E-state index in [1.165, 1.54) is 5.19 Å². The maximum atomic E-state index is 3.54. The lowest BCUT2D eigenvalue weighted by molar-refractivity contribution is 1.77. The summed E-state index contributed by atoms with van der Waals surface area (Å²) in [6, 6.07) is 9.48. The molecule has 0 fully saturated rings. The Hall–Kier alpha value is 0.397. The van der Waals surface area contributed by atoms with Crippen molar-refractivity contribution in [3.05, 3.63) is 30.3 Å². The van der Waals surface area contributed by atoms with Crippen LogP contribution in [0.5, 0.6) is 0 Å². The molecule has 0 aliphatic heterocycles. The van der Waals surface area contributed by atoms with Crippen molar-refractivity contribution in [3.8, 4) is 0 Å². The fourth-order valence-electron chi connectivity index (χ4n) is 0.599. The second-order valence-corrected chi connectivity index (χ2v) is 12.2. The molecule has 0 bridgehead atoms. The predicted molar refractivity (Wildman–Crippen MR) is 51.1 cm³/mol. The molecule has 0 radical (unpaired) electrons. The van der Waals surface area contributed by atoms with E-state index in [0.29, 0.717) is 0 Å². The standard InChI is InChI=1S/C6H6Br2Si/c7-9(8)6-4-2-1-3-5-6/h1-5,9H. The van der Waals surface area contributed by atoms with E-state index in [1.54, 1.807) is 0 Å². The number of hydrogen-bond donors (Lipinski definition) is 0. The molecule has 0 saturated heterocycles. The summed E-state index contributed by atoms with van der Waals surface area (Å²) in [4.78, 5) is 0. The van der Waals surface area contributed by atoms with Gasteiger partial charge in [0.2, 0.25) is 6.04 Å². The number of rotatable bonds is 1. The molecule has 1 aromatic carbocycles. The second-order valence-electron chi connectivity index (χ2n) is 1.71. The van der Waals surface area contributed by atoms with Crippen LogP contribution >= 0.6 is 30.6 Å². The number of halogens is 2. The highest BCUT2D eigenvalue weighted by molar-refractivity contribution is 9.49. The fourth-order valence-corrected chi connectivity index (χ4v) is 2.94. The van der Waals surface area contributed by atoms with Gasteiger partial charge in [-0.1, -0.05) is 30.3 Å². The van der Waals surface area contributed by atoms with E-state index in [1.807, 2.05) is 6.07 Å². The Morgan fingerprint density at radius 3 is 1.89 bits per heavy atom. The van der Waals surface area contributed by atoms with Gasteiger partial charge < -0.3 is 0 Å². The average molecular weight is 266 g/mol. The smallest absolute Gasteiger partial charge is 0.109 e. The van der Waals surface area contributed by atoms with Crippen LogP contribution in [0, 0.1) is 0 Å². The Balaban J connectivity index is 2.85. The van der Waals surface area contributed by atoms with Crippen LogP contribution in [0.25, 0.3) is 0 Å². The van der Waals surface area contributed by atoms with Crippen molar-refractivity contribution in [3.63, 3.8) is 0 Å². The molecule has 1 aromatic rings. The normalized spacial score (nSPS) is 10.1. The minimum absolute atomic E-state index is 0.904. The largest absolute Gasteiger partial charge is 0.216 e. The summed E-state index contributed by atoms with van der Waals surface area (Å²) in [6.07, 6.45) is 0. The highest BCUT2D eigenvalue weighted by atomic mass is 79.9. The van der Waals surface area contributed by atoms with Gasteiger partial charge in [0.15, 0.2) is 0 Å². The van der Waals surface area contributed by atoms with Gasteiger partial charge in [-0.15, -0.1) is 30.6 Å². The first kappa shape index (κ1) is 7.50.